The molecule has 0 amide bonds. The third-order valence-corrected chi connectivity index (χ3v) is 4.06. The highest BCUT2D eigenvalue weighted by Crippen LogP contribution is 2.22. The average molecular weight is 421 g/mol. The first-order valence-electron chi connectivity index (χ1n) is 9.07. The zero-order valence-corrected chi connectivity index (χ0v) is 18.1. The number of rotatable bonds is 2. The number of hydrogen-bond donors (Lipinski definition) is 0. The third kappa shape index (κ3) is 9.80. The fourth-order valence-electron chi connectivity index (χ4n) is 1.86. The summed E-state index contributed by atoms with van der Waals surface area (Å²) in [4.78, 5) is 0. The SMILES string of the molecule is CC(C)CC#Cc1ccc(Cl)c(Cl)c1.CC(C)CC#Cc1ccc(F)c(F)c1. The topological polar surface area (TPSA) is 0 Å². The Kier molecular flexibility index (Phi) is 10.7. The highest BCUT2D eigenvalue weighted by Gasteiger charge is 2.00. The van der Waals surface area contributed by atoms with Crippen molar-refractivity contribution in [1.29, 1.82) is 0 Å². The standard InChI is InChI=1S/C12H12Cl2.C12H12F2/c2*1-9(2)4-3-5-10-6-7-11(13)12(14)8-10/h2*6-9H,4H2,1-2H3. The van der Waals surface area contributed by atoms with E-state index in [-0.39, 0.29) is 0 Å². The van der Waals surface area contributed by atoms with Crippen LogP contribution in [0, 0.1) is 47.2 Å². The summed E-state index contributed by atoms with van der Waals surface area (Å²) in [5, 5.41) is 1.13. The van der Waals surface area contributed by atoms with Gasteiger partial charge in [-0.05, 0) is 48.2 Å². The summed E-state index contributed by atoms with van der Waals surface area (Å²) in [5.74, 6) is 11.3. The van der Waals surface area contributed by atoms with Gasteiger partial charge in [0.25, 0.3) is 0 Å². The van der Waals surface area contributed by atoms with Gasteiger partial charge < -0.3 is 0 Å². The van der Waals surface area contributed by atoms with Crippen LogP contribution in [0.4, 0.5) is 8.78 Å². The van der Waals surface area contributed by atoms with E-state index in [1.54, 1.807) is 12.1 Å². The lowest BCUT2D eigenvalue weighted by Gasteiger charge is -1.96. The maximum absolute atomic E-state index is 12.7. The van der Waals surface area contributed by atoms with Gasteiger partial charge in [-0.15, -0.1) is 0 Å². The fraction of sp³-hybridized carbons (Fsp3) is 0.333. The van der Waals surface area contributed by atoms with Gasteiger partial charge in [0.15, 0.2) is 11.6 Å². The first-order valence-corrected chi connectivity index (χ1v) is 9.82. The van der Waals surface area contributed by atoms with E-state index in [1.807, 2.05) is 6.07 Å². The molecule has 0 N–H and O–H groups in total. The summed E-state index contributed by atoms with van der Waals surface area (Å²) in [6, 6.07) is 9.12. The van der Waals surface area contributed by atoms with Gasteiger partial charge in [0.1, 0.15) is 0 Å². The second-order valence-corrected chi connectivity index (χ2v) is 7.87. The molecule has 28 heavy (non-hydrogen) atoms. The molecule has 0 nitrogen and oxygen atoms in total. The molecule has 0 saturated carbocycles. The van der Waals surface area contributed by atoms with Crippen LogP contribution in [-0.2, 0) is 0 Å². The van der Waals surface area contributed by atoms with Crippen molar-refractivity contribution in [3.63, 3.8) is 0 Å². The Morgan fingerprint density at radius 1 is 0.714 bits per heavy atom. The molecule has 0 fully saturated rings. The second kappa shape index (κ2) is 12.5. The maximum Gasteiger partial charge on any atom is 0.160 e. The van der Waals surface area contributed by atoms with Crippen molar-refractivity contribution in [1.82, 2.24) is 0 Å². The molecular weight excluding hydrogens is 397 g/mol. The smallest absolute Gasteiger partial charge is 0.160 e. The summed E-state index contributed by atoms with van der Waals surface area (Å²) in [6.45, 7) is 8.40. The first-order chi connectivity index (χ1) is 13.2. The van der Waals surface area contributed by atoms with Gasteiger partial charge in [-0.3, -0.25) is 0 Å². The Morgan fingerprint density at radius 3 is 1.68 bits per heavy atom. The molecule has 0 aliphatic rings. The maximum atomic E-state index is 12.7. The normalized spacial score (nSPS) is 9.79. The number of hydrogen-bond acceptors (Lipinski definition) is 0. The summed E-state index contributed by atoms with van der Waals surface area (Å²) >= 11 is 11.6. The number of halogens is 4. The van der Waals surface area contributed by atoms with E-state index in [0.29, 0.717) is 27.4 Å². The van der Waals surface area contributed by atoms with E-state index in [0.717, 1.165) is 30.5 Å². The lowest BCUT2D eigenvalue weighted by atomic mass is 10.1. The van der Waals surface area contributed by atoms with Crippen LogP contribution in [0.1, 0.15) is 51.7 Å². The molecule has 0 unspecified atom stereocenters. The van der Waals surface area contributed by atoms with Crippen molar-refractivity contribution in [2.45, 2.75) is 40.5 Å². The van der Waals surface area contributed by atoms with E-state index >= 15 is 0 Å². The molecule has 0 heterocycles. The summed E-state index contributed by atoms with van der Waals surface area (Å²) in [7, 11) is 0. The highest BCUT2D eigenvalue weighted by molar-refractivity contribution is 6.42. The molecule has 4 heteroatoms. The predicted molar refractivity (Wildman–Crippen MR) is 115 cm³/mol. The van der Waals surface area contributed by atoms with Crippen LogP contribution in [0.5, 0.6) is 0 Å². The van der Waals surface area contributed by atoms with Crippen LogP contribution in [0.3, 0.4) is 0 Å². The first kappa shape index (κ1) is 24.0. The van der Waals surface area contributed by atoms with E-state index in [4.69, 9.17) is 23.2 Å². The van der Waals surface area contributed by atoms with Crippen molar-refractivity contribution < 1.29 is 8.78 Å². The van der Waals surface area contributed by atoms with Gasteiger partial charge in [0.05, 0.1) is 10.0 Å². The second-order valence-electron chi connectivity index (χ2n) is 7.06. The van der Waals surface area contributed by atoms with Crippen molar-refractivity contribution in [2.24, 2.45) is 11.8 Å². The minimum absolute atomic E-state index is 0.493. The molecule has 0 spiro atoms. The molecule has 0 saturated heterocycles. The van der Waals surface area contributed by atoms with E-state index in [9.17, 15) is 8.78 Å². The fourth-order valence-corrected chi connectivity index (χ4v) is 2.16. The lowest BCUT2D eigenvalue weighted by molar-refractivity contribution is 0.508. The molecular formula is C24H24Cl2F2. The third-order valence-electron chi connectivity index (χ3n) is 3.33. The molecule has 0 aromatic heterocycles. The number of benzene rings is 2. The molecule has 0 bridgehead atoms. The van der Waals surface area contributed by atoms with Gasteiger partial charge in [0, 0.05) is 24.0 Å². The van der Waals surface area contributed by atoms with Crippen LogP contribution in [-0.4, -0.2) is 0 Å². The molecule has 2 aromatic rings. The average Bonchev–Trinajstić information content (AvgIpc) is 2.61. The largest absolute Gasteiger partial charge is 0.204 e. The summed E-state index contributed by atoms with van der Waals surface area (Å²) in [5.41, 5.74) is 1.43. The van der Waals surface area contributed by atoms with Gasteiger partial charge in [-0.2, -0.15) is 0 Å². The predicted octanol–water partition coefficient (Wildman–Crippen LogP) is 7.75. The lowest BCUT2D eigenvalue weighted by Crippen LogP contribution is -1.85. The minimum atomic E-state index is -0.846. The monoisotopic (exact) mass is 420 g/mol. The molecule has 0 radical (unpaired) electrons. The van der Waals surface area contributed by atoms with Gasteiger partial charge >= 0.3 is 0 Å². The Morgan fingerprint density at radius 2 is 1.21 bits per heavy atom. The zero-order chi connectivity index (χ0) is 21.1. The Labute approximate surface area is 177 Å². The van der Waals surface area contributed by atoms with Crippen LogP contribution < -0.4 is 0 Å². The zero-order valence-electron chi connectivity index (χ0n) is 16.5. The van der Waals surface area contributed by atoms with E-state index in [1.165, 1.54) is 6.07 Å². The van der Waals surface area contributed by atoms with Crippen molar-refractivity contribution in [2.75, 3.05) is 0 Å². The van der Waals surface area contributed by atoms with E-state index < -0.39 is 11.6 Å². The van der Waals surface area contributed by atoms with Crippen LogP contribution in [0.15, 0.2) is 36.4 Å². The summed E-state index contributed by atoms with van der Waals surface area (Å²) in [6.07, 6.45) is 1.67. The Hall–Kier alpha value is -2.00. The Bertz CT molecular complexity index is 819. The van der Waals surface area contributed by atoms with Crippen LogP contribution >= 0.6 is 23.2 Å². The van der Waals surface area contributed by atoms with Crippen molar-refractivity contribution in [3.05, 3.63) is 69.2 Å². The quantitative estimate of drug-likeness (QED) is 0.435. The van der Waals surface area contributed by atoms with Gasteiger partial charge in [0.2, 0.25) is 0 Å². The molecule has 2 rings (SSSR count). The van der Waals surface area contributed by atoms with Crippen LogP contribution in [0.2, 0.25) is 10.0 Å². The van der Waals surface area contributed by atoms with Gasteiger partial charge in [-0.25, -0.2) is 8.78 Å². The van der Waals surface area contributed by atoms with Gasteiger partial charge in [-0.1, -0.05) is 74.6 Å². The molecule has 0 aliphatic heterocycles. The molecule has 0 atom stereocenters. The van der Waals surface area contributed by atoms with Crippen molar-refractivity contribution >= 4 is 23.2 Å². The summed E-state index contributed by atoms with van der Waals surface area (Å²) < 4.78 is 25.2. The highest BCUT2D eigenvalue weighted by atomic mass is 35.5. The minimum Gasteiger partial charge on any atom is -0.204 e. The van der Waals surface area contributed by atoms with Crippen LogP contribution in [0.25, 0.3) is 0 Å². The van der Waals surface area contributed by atoms with Crippen molar-refractivity contribution in [3.8, 4) is 23.7 Å². The molecule has 0 aliphatic carbocycles. The molecule has 148 valence electrons. The Balaban J connectivity index is 0.000000280. The van der Waals surface area contributed by atoms with E-state index in [2.05, 4.69) is 51.4 Å². The molecule has 2 aromatic carbocycles.